The highest BCUT2D eigenvalue weighted by Gasteiger charge is 2.19. The molecule has 0 heterocycles. The highest BCUT2D eigenvalue weighted by Crippen LogP contribution is 2.31. The van der Waals surface area contributed by atoms with Gasteiger partial charge in [-0.05, 0) is 60.7 Å². The summed E-state index contributed by atoms with van der Waals surface area (Å²) in [6.45, 7) is 2.09. The van der Waals surface area contributed by atoms with Crippen LogP contribution < -0.4 is 0 Å². The molecule has 122 valence electrons. The average molecular weight is 326 g/mol. The average Bonchev–Trinajstić information content (AvgIpc) is 2.56. The molecule has 0 unspecified atom stereocenters. The second kappa shape index (κ2) is 6.97. The van der Waals surface area contributed by atoms with E-state index in [0.717, 1.165) is 19.3 Å². The molecule has 3 rings (SSSR count). The molecule has 0 amide bonds. The maximum absolute atomic E-state index is 14.7. The van der Waals surface area contributed by atoms with Gasteiger partial charge in [0.1, 0.15) is 17.5 Å². The first-order valence-corrected chi connectivity index (χ1v) is 8.06. The molecule has 1 aliphatic rings. The van der Waals surface area contributed by atoms with Gasteiger partial charge < -0.3 is 0 Å². The third-order valence-electron chi connectivity index (χ3n) is 4.16. The molecule has 0 bridgehead atoms. The van der Waals surface area contributed by atoms with Crippen LogP contribution in [0, 0.1) is 29.3 Å². The van der Waals surface area contributed by atoms with Crippen molar-refractivity contribution in [2.24, 2.45) is 0 Å². The van der Waals surface area contributed by atoms with Crippen molar-refractivity contribution in [1.29, 1.82) is 0 Å². The minimum absolute atomic E-state index is 0.217. The summed E-state index contributed by atoms with van der Waals surface area (Å²) in [5, 5.41) is 0. The normalized spacial score (nSPS) is 12.9. The molecule has 0 saturated heterocycles. The molecule has 0 saturated carbocycles. The number of hydrogen-bond acceptors (Lipinski definition) is 0. The van der Waals surface area contributed by atoms with E-state index in [1.54, 1.807) is 0 Å². The summed E-state index contributed by atoms with van der Waals surface area (Å²) in [4.78, 5) is 0. The third-order valence-corrected chi connectivity index (χ3v) is 4.16. The molecule has 24 heavy (non-hydrogen) atoms. The summed E-state index contributed by atoms with van der Waals surface area (Å²) in [5.74, 6) is 3.65. The Labute approximate surface area is 140 Å². The lowest BCUT2D eigenvalue weighted by atomic mass is 9.88. The molecular formula is C21H17F3. The predicted molar refractivity (Wildman–Crippen MR) is 89.9 cm³/mol. The fraction of sp³-hybridized carbons (Fsp3) is 0.238. The van der Waals surface area contributed by atoms with E-state index in [-0.39, 0.29) is 11.4 Å². The lowest BCUT2D eigenvalue weighted by Crippen LogP contribution is -2.06. The highest BCUT2D eigenvalue weighted by molar-refractivity contribution is 5.62. The standard InChI is InChI=1S/C21H17F3/c1-2-3-15-7-10-18-16(12-15)13-20(23)19(21(18)24)11-6-14-4-8-17(22)9-5-14/h4-5,8-9,12-13H,2-3,7,10H2,1H3. The number of allylic oxidation sites excluding steroid dienone is 1. The van der Waals surface area contributed by atoms with Crippen LogP contribution in [-0.2, 0) is 6.42 Å². The Kier molecular flexibility index (Phi) is 4.76. The van der Waals surface area contributed by atoms with Gasteiger partial charge in [0.05, 0.1) is 5.56 Å². The van der Waals surface area contributed by atoms with Gasteiger partial charge in [-0.2, -0.15) is 0 Å². The molecule has 0 aliphatic heterocycles. The predicted octanol–water partition coefficient (Wildman–Crippen LogP) is 5.63. The van der Waals surface area contributed by atoms with Crippen molar-refractivity contribution in [2.75, 3.05) is 0 Å². The quantitative estimate of drug-likeness (QED) is 0.627. The van der Waals surface area contributed by atoms with Gasteiger partial charge in [0, 0.05) is 5.56 Å². The van der Waals surface area contributed by atoms with E-state index in [2.05, 4.69) is 18.8 Å². The first kappa shape index (κ1) is 16.4. The molecule has 2 aromatic rings. The number of hydrogen-bond donors (Lipinski definition) is 0. The van der Waals surface area contributed by atoms with Gasteiger partial charge in [-0.25, -0.2) is 13.2 Å². The van der Waals surface area contributed by atoms with Gasteiger partial charge in [-0.15, -0.1) is 0 Å². The SMILES string of the molecule is CCCC1=Cc2cc(F)c(C#Cc3ccc(F)cc3)c(F)c2CC1. The summed E-state index contributed by atoms with van der Waals surface area (Å²) in [6.07, 6.45) is 5.24. The van der Waals surface area contributed by atoms with Crippen LogP contribution in [0.25, 0.3) is 6.08 Å². The summed E-state index contributed by atoms with van der Waals surface area (Å²) in [7, 11) is 0. The Hall–Kier alpha value is -2.47. The molecule has 3 heteroatoms. The lowest BCUT2D eigenvalue weighted by Gasteiger charge is -2.18. The van der Waals surface area contributed by atoms with Gasteiger partial charge in [0.2, 0.25) is 0 Å². The maximum Gasteiger partial charge on any atom is 0.145 e. The smallest absolute Gasteiger partial charge is 0.145 e. The van der Waals surface area contributed by atoms with Crippen LogP contribution in [0.15, 0.2) is 35.9 Å². The second-order valence-electron chi connectivity index (χ2n) is 5.92. The van der Waals surface area contributed by atoms with Crippen LogP contribution in [0.2, 0.25) is 0 Å². The minimum Gasteiger partial charge on any atom is -0.207 e. The first-order chi connectivity index (χ1) is 11.6. The third kappa shape index (κ3) is 3.38. The van der Waals surface area contributed by atoms with E-state index >= 15 is 0 Å². The molecule has 0 fully saturated rings. The van der Waals surface area contributed by atoms with Gasteiger partial charge >= 0.3 is 0 Å². The van der Waals surface area contributed by atoms with E-state index < -0.39 is 11.6 Å². The molecule has 1 aliphatic carbocycles. The molecule has 0 radical (unpaired) electrons. The van der Waals surface area contributed by atoms with E-state index in [9.17, 15) is 13.2 Å². The van der Waals surface area contributed by atoms with Crippen molar-refractivity contribution in [3.05, 3.63) is 75.6 Å². The first-order valence-electron chi connectivity index (χ1n) is 8.06. The summed E-state index contributed by atoms with van der Waals surface area (Å²) >= 11 is 0. The fourth-order valence-corrected chi connectivity index (χ4v) is 2.94. The van der Waals surface area contributed by atoms with E-state index in [1.165, 1.54) is 35.9 Å². The zero-order chi connectivity index (χ0) is 17.1. The van der Waals surface area contributed by atoms with E-state index in [0.29, 0.717) is 23.1 Å². The minimum atomic E-state index is -0.658. The number of rotatable bonds is 2. The molecule has 0 N–H and O–H groups in total. The number of benzene rings is 2. The van der Waals surface area contributed by atoms with Crippen molar-refractivity contribution in [3.8, 4) is 11.8 Å². The van der Waals surface area contributed by atoms with Gasteiger partial charge in [0.25, 0.3) is 0 Å². The van der Waals surface area contributed by atoms with Gasteiger partial charge in [-0.1, -0.05) is 36.8 Å². The molecule has 0 aromatic heterocycles. The maximum atomic E-state index is 14.7. The van der Waals surface area contributed by atoms with Crippen LogP contribution in [-0.4, -0.2) is 0 Å². The topological polar surface area (TPSA) is 0 Å². The van der Waals surface area contributed by atoms with Crippen LogP contribution in [0.5, 0.6) is 0 Å². The number of halogens is 3. The molecule has 0 nitrogen and oxygen atoms in total. The molecular weight excluding hydrogens is 309 g/mol. The molecule has 2 aromatic carbocycles. The second-order valence-corrected chi connectivity index (χ2v) is 5.92. The van der Waals surface area contributed by atoms with Gasteiger partial charge in [0.15, 0.2) is 0 Å². The Morgan fingerprint density at radius 2 is 1.75 bits per heavy atom. The summed E-state index contributed by atoms with van der Waals surface area (Å²) in [5.41, 5.74) is 2.67. The van der Waals surface area contributed by atoms with Crippen LogP contribution in [0.1, 0.15) is 48.4 Å². The lowest BCUT2D eigenvalue weighted by molar-refractivity contribution is 0.563. The van der Waals surface area contributed by atoms with Gasteiger partial charge in [-0.3, -0.25) is 0 Å². The number of fused-ring (bicyclic) bond motifs is 1. The van der Waals surface area contributed by atoms with Crippen LogP contribution >= 0.6 is 0 Å². The fourth-order valence-electron chi connectivity index (χ4n) is 2.94. The van der Waals surface area contributed by atoms with Crippen molar-refractivity contribution in [2.45, 2.75) is 32.6 Å². The van der Waals surface area contributed by atoms with Crippen molar-refractivity contribution < 1.29 is 13.2 Å². The molecule has 0 atom stereocenters. The Morgan fingerprint density at radius 1 is 1.00 bits per heavy atom. The monoisotopic (exact) mass is 326 g/mol. The zero-order valence-corrected chi connectivity index (χ0v) is 13.4. The van der Waals surface area contributed by atoms with Crippen molar-refractivity contribution in [1.82, 2.24) is 0 Å². The Morgan fingerprint density at radius 3 is 2.46 bits per heavy atom. The largest absolute Gasteiger partial charge is 0.207 e. The van der Waals surface area contributed by atoms with E-state index in [4.69, 9.17) is 0 Å². The van der Waals surface area contributed by atoms with E-state index in [1.807, 2.05) is 6.08 Å². The van der Waals surface area contributed by atoms with Crippen LogP contribution in [0.3, 0.4) is 0 Å². The summed E-state index contributed by atoms with van der Waals surface area (Å²) < 4.78 is 41.8. The Balaban J connectivity index is 1.98. The molecule has 0 spiro atoms. The zero-order valence-electron chi connectivity index (χ0n) is 13.4. The van der Waals surface area contributed by atoms with Crippen LogP contribution in [0.4, 0.5) is 13.2 Å². The summed E-state index contributed by atoms with van der Waals surface area (Å²) in [6, 6.07) is 6.86. The highest BCUT2D eigenvalue weighted by atomic mass is 19.1. The van der Waals surface area contributed by atoms with Crippen molar-refractivity contribution >= 4 is 6.08 Å². The Bertz CT molecular complexity index is 849. The van der Waals surface area contributed by atoms with Crippen molar-refractivity contribution in [3.63, 3.8) is 0 Å².